The van der Waals surface area contributed by atoms with Gasteiger partial charge in [0.05, 0.1) is 15.6 Å². The van der Waals surface area contributed by atoms with E-state index in [-0.39, 0.29) is 6.10 Å². The first-order valence-corrected chi connectivity index (χ1v) is 12.6. The molecule has 2 aliphatic heterocycles. The molecule has 1 aromatic heterocycles. The van der Waals surface area contributed by atoms with Gasteiger partial charge in [-0.1, -0.05) is 47.5 Å². The van der Waals surface area contributed by atoms with Gasteiger partial charge in [-0.3, -0.25) is 0 Å². The summed E-state index contributed by atoms with van der Waals surface area (Å²) < 4.78 is 11.8. The first kappa shape index (κ1) is 24.3. The SMILES string of the molecule is COC1C=CC=C2Oc3ncccc3C(=CCCN3CCC(O)(c4ccc(Cl)c(Cl)c4)CC3)C=C21. The van der Waals surface area contributed by atoms with Gasteiger partial charge >= 0.3 is 0 Å². The number of benzene rings is 1. The molecule has 1 fully saturated rings. The van der Waals surface area contributed by atoms with Crippen LogP contribution in [-0.2, 0) is 10.3 Å². The minimum Gasteiger partial charge on any atom is -0.438 e. The number of pyridine rings is 1. The fourth-order valence-electron chi connectivity index (χ4n) is 4.87. The Kier molecular flexibility index (Phi) is 7.14. The van der Waals surface area contributed by atoms with Gasteiger partial charge in [0.2, 0.25) is 5.88 Å². The second-order valence-corrected chi connectivity index (χ2v) is 9.89. The van der Waals surface area contributed by atoms with Crippen LogP contribution in [0.3, 0.4) is 0 Å². The maximum atomic E-state index is 11.2. The first-order chi connectivity index (χ1) is 17.0. The third-order valence-electron chi connectivity index (χ3n) is 6.93. The quantitative estimate of drug-likeness (QED) is 0.539. The molecule has 1 unspecified atom stereocenters. The van der Waals surface area contributed by atoms with Crippen LogP contribution >= 0.6 is 23.2 Å². The zero-order chi connectivity index (χ0) is 24.4. The molecule has 1 aliphatic carbocycles. The lowest BCUT2D eigenvalue weighted by atomic mass is 9.84. The highest BCUT2D eigenvalue weighted by Gasteiger charge is 2.34. The zero-order valence-corrected chi connectivity index (χ0v) is 21.1. The molecule has 0 amide bonds. The molecule has 182 valence electrons. The highest BCUT2D eigenvalue weighted by Crippen LogP contribution is 2.38. The van der Waals surface area contributed by atoms with E-state index in [2.05, 4.69) is 22.0 Å². The number of aliphatic hydroxyl groups is 1. The number of ether oxygens (including phenoxy) is 2. The number of fused-ring (bicyclic) bond motifs is 2. The molecule has 3 aliphatic rings. The average Bonchev–Trinajstić information content (AvgIpc) is 3.03. The molecule has 1 aromatic carbocycles. The molecule has 2 aromatic rings. The summed E-state index contributed by atoms with van der Waals surface area (Å²) >= 11 is 12.2. The minimum atomic E-state index is -0.872. The molecule has 5 rings (SSSR count). The van der Waals surface area contributed by atoms with Gasteiger partial charge in [0.25, 0.3) is 0 Å². The Morgan fingerprint density at radius 2 is 2.06 bits per heavy atom. The minimum absolute atomic E-state index is 0.158. The Hall–Kier alpha value is -2.41. The number of rotatable bonds is 5. The number of halogens is 2. The number of allylic oxidation sites excluding steroid dienone is 4. The van der Waals surface area contributed by atoms with Crippen LogP contribution in [-0.4, -0.2) is 47.8 Å². The Morgan fingerprint density at radius 3 is 2.83 bits per heavy atom. The number of aromatic nitrogens is 1. The van der Waals surface area contributed by atoms with E-state index in [1.165, 1.54) is 0 Å². The van der Waals surface area contributed by atoms with Gasteiger partial charge in [-0.05, 0) is 66.8 Å². The molecule has 3 heterocycles. The molecular weight excluding hydrogens is 483 g/mol. The van der Waals surface area contributed by atoms with Crippen LogP contribution < -0.4 is 4.74 Å². The topological polar surface area (TPSA) is 54.8 Å². The van der Waals surface area contributed by atoms with Crippen molar-refractivity contribution in [2.75, 3.05) is 26.7 Å². The van der Waals surface area contributed by atoms with E-state index < -0.39 is 5.60 Å². The number of likely N-dealkylation sites (tertiary alicyclic amines) is 1. The van der Waals surface area contributed by atoms with E-state index >= 15 is 0 Å². The van der Waals surface area contributed by atoms with Crippen molar-refractivity contribution in [2.24, 2.45) is 0 Å². The summed E-state index contributed by atoms with van der Waals surface area (Å²) in [5.74, 6) is 1.37. The van der Waals surface area contributed by atoms with Crippen LogP contribution in [0.25, 0.3) is 5.57 Å². The van der Waals surface area contributed by atoms with Gasteiger partial charge in [-0.2, -0.15) is 0 Å². The highest BCUT2D eigenvalue weighted by molar-refractivity contribution is 6.42. The second-order valence-electron chi connectivity index (χ2n) is 9.08. The van der Waals surface area contributed by atoms with Crippen molar-refractivity contribution in [1.29, 1.82) is 0 Å². The fourth-order valence-corrected chi connectivity index (χ4v) is 5.17. The lowest BCUT2D eigenvalue weighted by Crippen LogP contribution is -2.42. The number of nitrogens with zero attached hydrogens (tertiary/aromatic N) is 2. The largest absolute Gasteiger partial charge is 0.438 e. The predicted octanol–water partition coefficient (Wildman–Crippen LogP) is 5.93. The summed E-state index contributed by atoms with van der Waals surface area (Å²) in [4.78, 5) is 6.86. The number of methoxy groups -OCH3 is 1. The van der Waals surface area contributed by atoms with Crippen LogP contribution in [0.1, 0.15) is 30.4 Å². The maximum Gasteiger partial charge on any atom is 0.227 e. The molecule has 0 radical (unpaired) electrons. The van der Waals surface area contributed by atoms with Gasteiger partial charge in [-0.15, -0.1) is 0 Å². The third kappa shape index (κ3) is 5.11. The molecule has 1 saturated heterocycles. The van der Waals surface area contributed by atoms with E-state index in [4.69, 9.17) is 32.7 Å². The summed E-state index contributed by atoms with van der Waals surface area (Å²) in [6.07, 6.45) is 14.1. The van der Waals surface area contributed by atoms with Crippen LogP contribution in [0, 0.1) is 0 Å². The van der Waals surface area contributed by atoms with Crippen molar-refractivity contribution in [2.45, 2.75) is 31.0 Å². The Morgan fingerprint density at radius 1 is 1.23 bits per heavy atom. The fraction of sp³-hybridized carbons (Fsp3) is 0.321. The third-order valence-corrected chi connectivity index (χ3v) is 7.67. The average molecular weight is 511 g/mol. The van der Waals surface area contributed by atoms with E-state index in [1.54, 1.807) is 25.4 Å². The number of piperidine rings is 1. The normalized spacial score (nSPS) is 22.5. The summed E-state index contributed by atoms with van der Waals surface area (Å²) in [7, 11) is 1.70. The van der Waals surface area contributed by atoms with Gasteiger partial charge in [0.15, 0.2) is 0 Å². The number of hydrogen-bond acceptors (Lipinski definition) is 5. The molecule has 1 atom stereocenters. The molecule has 0 bridgehead atoms. The first-order valence-electron chi connectivity index (χ1n) is 11.8. The zero-order valence-electron chi connectivity index (χ0n) is 19.6. The van der Waals surface area contributed by atoms with E-state index in [0.717, 1.165) is 54.1 Å². The maximum absolute atomic E-state index is 11.2. The molecule has 35 heavy (non-hydrogen) atoms. The Bertz CT molecular complexity index is 1230. The lowest BCUT2D eigenvalue weighted by molar-refractivity contribution is -0.0254. The highest BCUT2D eigenvalue weighted by atomic mass is 35.5. The Balaban J connectivity index is 1.29. The molecule has 1 N–H and O–H groups in total. The van der Waals surface area contributed by atoms with Crippen LogP contribution in [0.4, 0.5) is 0 Å². The van der Waals surface area contributed by atoms with Crippen molar-refractivity contribution >= 4 is 28.8 Å². The molecule has 7 heteroatoms. The van der Waals surface area contributed by atoms with Crippen LogP contribution in [0.15, 0.2) is 78.2 Å². The predicted molar refractivity (Wildman–Crippen MR) is 140 cm³/mol. The van der Waals surface area contributed by atoms with E-state index in [0.29, 0.717) is 28.8 Å². The summed E-state index contributed by atoms with van der Waals surface area (Å²) in [5, 5.41) is 12.2. The number of hydrogen-bond donors (Lipinski definition) is 1. The van der Waals surface area contributed by atoms with Gasteiger partial charge in [0.1, 0.15) is 11.9 Å². The van der Waals surface area contributed by atoms with E-state index in [1.807, 2.05) is 36.4 Å². The van der Waals surface area contributed by atoms with E-state index in [9.17, 15) is 5.11 Å². The summed E-state index contributed by atoms with van der Waals surface area (Å²) in [5.41, 5.74) is 3.00. The molecule has 0 saturated carbocycles. The second kappa shape index (κ2) is 10.3. The van der Waals surface area contributed by atoms with Crippen molar-refractivity contribution < 1.29 is 14.6 Å². The van der Waals surface area contributed by atoms with Crippen LogP contribution in [0.5, 0.6) is 5.88 Å². The molecular formula is C28H28Cl2N2O3. The lowest BCUT2D eigenvalue weighted by Gasteiger charge is -2.38. The Labute approximate surface area is 216 Å². The van der Waals surface area contributed by atoms with Crippen LogP contribution in [0.2, 0.25) is 10.0 Å². The van der Waals surface area contributed by atoms with Gasteiger partial charge in [-0.25, -0.2) is 4.98 Å². The smallest absolute Gasteiger partial charge is 0.227 e. The molecule has 0 spiro atoms. The molecule has 5 nitrogen and oxygen atoms in total. The summed E-state index contributed by atoms with van der Waals surface area (Å²) in [6, 6.07) is 9.38. The van der Waals surface area contributed by atoms with Crippen molar-refractivity contribution in [1.82, 2.24) is 9.88 Å². The van der Waals surface area contributed by atoms with Gasteiger partial charge < -0.3 is 19.5 Å². The van der Waals surface area contributed by atoms with Crippen molar-refractivity contribution in [3.63, 3.8) is 0 Å². The van der Waals surface area contributed by atoms with Crippen molar-refractivity contribution in [3.05, 3.63) is 99.4 Å². The van der Waals surface area contributed by atoms with Crippen molar-refractivity contribution in [3.8, 4) is 5.88 Å². The monoisotopic (exact) mass is 510 g/mol. The summed E-state index contributed by atoms with van der Waals surface area (Å²) in [6.45, 7) is 2.52. The van der Waals surface area contributed by atoms with Gasteiger partial charge in [0, 0.05) is 44.1 Å². The standard InChI is InChI=1S/C28H28Cl2N2O3/c1-34-25-7-2-8-26-22(25)17-19(21-6-3-13-31-27(21)35-26)5-4-14-32-15-11-28(33,12-16-32)20-9-10-23(29)24(30)18-20/h2-3,5-10,13,17-18,25,33H,4,11-12,14-16H2,1H3.